The van der Waals surface area contributed by atoms with Gasteiger partial charge in [-0.3, -0.25) is 4.79 Å². The summed E-state index contributed by atoms with van der Waals surface area (Å²) in [6, 6.07) is 9.18. The van der Waals surface area contributed by atoms with Crippen LogP contribution in [0.25, 0.3) is 11.3 Å². The van der Waals surface area contributed by atoms with E-state index in [2.05, 4.69) is 15.8 Å². The number of ether oxygens (including phenoxy) is 1. The number of aryl methyl sites for hydroxylation is 1. The largest absolute Gasteiger partial charge is 0.450 e. The highest BCUT2D eigenvalue weighted by molar-refractivity contribution is 5.92. The smallest absolute Gasteiger partial charge is 0.407 e. The number of carbonyl (C=O) groups excluding carboxylic acids is 2. The molecule has 2 rings (SSSR count). The molecule has 0 spiro atoms. The molecule has 0 fully saturated rings. The van der Waals surface area contributed by atoms with E-state index in [0.717, 1.165) is 11.1 Å². The van der Waals surface area contributed by atoms with E-state index in [1.165, 1.54) is 0 Å². The van der Waals surface area contributed by atoms with Gasteiger partial charge in [-0.2, -0.15) is 0 Å². The Balaban J connectivity index is 1.96. The van der Waals surface area contributed by atoms with Crippen molar-refractivity contribution >= 4 is 12.0 Å². The lowest BCUT2D eigenvalue weighted by molar-refractivity contribution is 0.0908. The van der Waals surface area contributed by atoms with Gasteiger partial charge >= 0.3 is 6.09 Å². The van der Waals surface area contributed by atoms with Crippen molar-refractivity contribution in [2.45, 2.75) is 40.2 Å². The van der Waals surface area contributed by atoms with Gasteiger partial charge in [0.1, 0.15) is 5.69 Å². The minimum Gasteiger partial charge on any atom is -0.450 e. The van der Waals surface area contributed by atoms with Gasteiger partial charge in [0.25, 0.3) is 5.91 Å². The van der Waals surface area contributed by atoms with E-state index in [4.69, 9.17) is 9.26 Å². The van der Waals surface area contributed by atoms with Gasteiger partial charge in [0.05, 0.1) is 6.61 Å². The molecule has 0 aliphatic carbocycles. The summed E-state index contributed by atoms with van der Waals surface area (Å²) < 4.78 is 10.1. The molecule has 0 saturated heterocycles. The summed E-state index contributed by atoms with van der Waals surface area (Å²) in [5, 5.41) is 9.51. The van der Waals surface area contributed by atoms with Gasteiger partial charge in [-0.05, 0) is 26.2 Å². The second-order valence-corrected chi connectivity index (χ2v) is 6.84. The van der Waals surface area contributed by atoms with Crippen molar-refractivity contribution in [3.63, 3.8) is 0 Å². The van der Waals surface area contributed by atoms with E-state index in [0.29, 0.717) is 24.6 Å². The predicted molar refractivity (Wildman–Crippen MR) is 102 cm³/mol. The van der Waals surface area contributed by atoms with Gasteiger partial charge in [-0.15, -0.1) is 0 Å². The lowest BCUT2D eigenvalue weighted by atomic mass is 10.0. The first-order chi connectivity index (χ1) is 12.9. The van der Waals surface area contributed by atoms with Crippen LogP contribution in [-0.4, -0.2) is 36.4 Å². The molecule has 7 heteroatoms. The van der Waals surface area contributed by atoms with Crippen molar-refractivity contribution in [2.75, 3.05) is 13.2 Å². The number of hydrogen-bond acceptors (Lipinski definition) is 5. The summed E-state index contributed by atoms with van der Waals surface area (Å²) in [4.78, 5) is 24.0. The molecular weight excluding hydrogens is 346 g/mol. The molecule has 2 amide bonds. The Morgan fingerprint density at radius 1 is 1.22 bits per heavy atom. The molecule has 0 aliphatic rings. The molecular formula is C20H27N3O4. The van der Waals surface area contributed by atoms with Crippen molar-refractivity contribution in [1.29, 1.82) is 0 Å². The highest BCUT2D eigenvalue weighted by Crippen LogP contribution is 2.19. The Hall–Kier alpha value is -2.83. The molecule has 146 valence electrons. The lowest BCUT2D eigenvalue weighted by Gasteiger charge is -2.20. The molecule has 1 aromatic carbocycles. The second-order valence-electron chi connectivity index (χ2n) is 6.84. The monoisotopic (exact) mass is 373 g/mol. The maximum atomic E-state index is 12.4. The first-order valence-corrected chi connectivity index (χ1v) is 9.14. The van der Waals surface area contributed by atoms with Crippen molar-refractivity contribution in [2.24, 2.45) is 5.92 Å². The van der Waals surface area contributed by atoms with Gasteiger partial charge in [-0.1, -0.05) is 48.8 Å². The van der Waals surface area contributed by atoms with E-state index in [1.807, 2.05) is 45.0 Å². The zero-order valence-electron chi connectivity index (χ0n) is 16.2. The van der Waals surface area contributed by atoms with Gasteiger partial charge in [-0.25, -0.2) is 4.79 Å². The molecule has 1 unspecified atom stereocenters. The lowest BCUT2D eigenvalue weighted by Crippen LogP contribution is -2.44. The summed E-state index contributed by atoms with van der Waals surface area (Å²) in [5.41, 5.74) is 2.62. The Bertz CT molecular complexity index is 753. The molecule has 2 N–H and O–H groups in total. The zero-order valence-corrected chi connectivity index (χ0v) is 16.2. The van der Waals surface area contributed by atoms with Crippen LogP contribution in [0.3, 0.4) is 0 Å². The number of nitrogens with zero attached hydrogens (tertiary/aromatic N) is 1. The summed E-state index contributed by atoms with van der Waals surface area (Å²) in [6.45, 7) is 8.42. The predicted octanol–water partition coefficient (Wildman–Crippen LogP) is 3.54. The van der Waals surface area contributed by atoms with E-state index in [9.17, 15) is 9.59 Å². The molecule has 0 aliphatic heterocycles. The van der Waals surface area contributed by atoms with Crippen molar-refractivity contribution < 1.29 is 18.8 Å². The minimum atomic E-state index is -0.487. The Labute approximate surface area is 159 Å². The maximum absolute atomic E-state index is 12.4. The van der Waals surface area contributed by atoms with Gasteiger partial charge < -0.3 is 19.9 Å². The van der Waals surface area contributed by atoms with Crippen LogP contribution < -0.4 is 10.6 Å². The number of aromatic nitrogens is 1. The number of amides is 2. The first-order valence-electron chi connectivity index (χ1n) is 9.14. The van der Waals surface area contributed by atoms with Gasteiger partial charge in [0, 0.05) is 24.2 Å². The molecule has 27 heavy (non-hydrogen) atoms. The molecule has 1 atom stereocenters. The maximum Gasteiger partial charge on any atom is 0.407 e. The third-order valence-electron chi connectivity index (χ3n) is 3.94. The molecule has 0 bridgehead atoms. The van der Waals surface area contributed by atoms with Crippen molar-refractivity contribution in [3.8, 4) is 11.3 Å². The Kier molecular flexibility index (Phi) is 7.40. The van der Waals surface area contributed by atoms with Crippen LogP contribution in [0.4, 0.5) is 4.79 Å². The summed E-state index contributed by atoms with van der Waals surface area (Å²) in [6.07, 6.45) is 0.225. The first kappa shape index (κ1) is 20.5. The van der Waals surface area contributed by atoms with Crippen LogP contribution in [-0.2, 0) is 4.74 Å². The van der Waals surface area contributed by atoms with Gasteiger partial charge in [0.15, 0.2) is 0 Å². The molecule has 7 nitrogen and oxygen atoms in total. The Morgan fingerprint density at radius 2 is 1.93 bits per heavy atom. The fourth-order valence-corrected chi connectivity index (χ4v) is 2.65. The van der Waals surface area contributed by atoms with Crippen LogP contribution in [0.15, 0.2) is 34.9 Å². The molecule has 1 aromatic heterocycles. The van der Waals surface area contributed by atoms with Crippen LogP contribution in [0.1, 0.15) is 43.3 Å². The third kappa shape index (κ3) is 6.44. The standard InChI is InChI=1S/C20H27N3O4/c1-5-26-20(25)22-16(10-13(2)3)12-21-19(24)18-11-17(23-27-18)15-8-6-14(4)7-9-15/h6-9,11,13,16H,5,10,12H2,1-4H3,(H,21,24)(H,22,25). The van der Waals surface area contributed by atoms with Crippen LogP contribution in [0.2, 0.25) is 0 Å². The number of hydrogen-bond donors (Lipinski definition) is 2. The normalized spacial score (nSPS) is 11.9. The highest BCUT2D eigenvalue weighted by Gasteiger charge is 2.18. The average molecular weight is 373 g/mol. The van der Waals surface area contributed by atoms with Crippen LogP contribution in [0, 0.1) is 12.8 Å². The Morgan fingerprint density at radius 3 is 2.56 bits per heavy atom. The second kappa shape index (κ2) is 9.75. The van der Waals surface area contributed by atoms with E-state index >= 15 is 0 Å². The number of alkyl carbamates (subject to hydrolysis) is 1. The van der Waals surface area contributed by atoms with E-state index < -0.39 is 6.09 Å². The number of benzene rings is 1. The van der Waals surface area contributed by atoms with Crippen molar-refractivity contribution in [1.82, 2.24) is 15.8 Å². The van der Waals surface area contributed by atoms with Gasteiger partial charge in [0.2, 0.25) is 5.76 Å². The average Bonchev–Trinajstić information content (AvgIpc) is 3.10. The summed E-state index contributed by atoms with van der Waals surface area (Å²) in [5.74, 6) is 0.109. The minimum absolute atomic E-state index is 0.130. The summed E-state index contributed by atoms with van der Waals surface area (Å²) >= 11 is 0. The zero-order chi connectivity index (χ0) is 19.8. The number of carbonyl (C=O) groups is 2. The van der Waals surface area contributed by atoms with Crippen molar-refractivity contribution in [3.05, 3.63) is 41.7 Å². The van der Waals surface area contributed by atoms with E-state index in [-0.39, 0.29) is 24.3 Å². The molecule has 1 heterocycles. The summed E-state index contributed by atoms with van der Waals surface area (Å²) in [7, 11) is 0. The van der Waals surface area contributed by atoms with Crippen LogP contribution in [0.5, 0.6) is 0 Å². The fourth-order valence-electron chi connectivity index (χ4n) is 2.65. The fraction of sp³-hybridized carbons (Fsp3) is 0.450. The topological polar surface area (TPSA) is 93.5 Å². The third-order valence-corrected chi connectivity index (χ3v) is 3.94. The highest BCUT2D eigenvalue weighted by atomic mass is 16.5. The number of rotatable bonds is 8. The molecule has 2 aromatic rings. The number of nitrogens with one attached hydrogen (secondary N) is 2. The molecule has 0 radical (unpaired) electrons. The van der Waals surface area contributed by atoms with Crippen LogP contribution >= 0.6 is 0 Å². The molecule has 0 saturated carbocycles. The van der Waals surface area contributed by atoms with E-state index in [1.54, 1.807) is 13.0 Å². The quantitative estimate of drug-likeness (QED) is 0.738. The SMILES string of the molecule is CCOC(=O)NC(CNC(=O)c1cc(-c2ccc(C)cc2)no1)CC(C)C.